The lowest BCUT2D eigenvalue weighted by Crippen LogP contribution is -2.40. The fourth-order valence-corrected chi connectivity index (χ4v) is 1.97. The lowest BCUT2D eigenvalue weighted by atomic mass is 10.2. The van der Waals surface area contributed by atoms with Crippen molar-refractivity contribution in [2.24, 2.45) is 4.99 Å². The van der Waals surface area contributed by atoms with E-state index in [4.69, 9.17) is 0 Å². The standard InChI is InChI=1S/C13H15N5O/c1-16(2)12-4-3-10(7-14-12)11-8-17-9-18(19)6-5-13(17)15-11/h3-8,19H,9H2,1-2H3/q+1. The number of fused-ring (bicyclic) bond motifs is 1. The lowest BCUT2D eigenvalue weighted by molar-refractivity contribution is -0.0523. The number of rotatable bonds is 2. The molecule has 19 heavy (non-hydrogen) atoms. The highest BCUT2D eigenvalue weighted by molar-refractivity contribution is 6.03. The van der Waals surface area contributed by atoms with Gasteiger partial charge in [-0.25, -0.2) is 10.0 Å². The van der Waals surface area contributed by atoms with Crippen LogP contribution in [0.2, 0.25) is 0 Å². The van der Waals surface area contributed by atoms with Gasteiger partial charge in [0.15, 0.2) is 6.20 Å². The molecule has 0 unspecified atom stereocenters. The Balaban J connectivity index is 1.86. The monoisotopic (exact) mass is 257 g/mol. The number of aliphatic imine (C=N–C) groups is 1. The SMILES string of the molecule is CN(C)c1ccc(C2=C[N+]3CN(O)C=CC3=N2)cn1. The summed E-state index contributed by atoms with van der Waals surface area (Å²) in [7, 11) is 3.91. The van der Waals surface area contributed by atoms with Crippen LogP contribution in [0.5, 0.6) is 0 Å². The quantitative estimate of drug-likeness (QED) is 0.808. The van der Waals surface area contributed by atoms with Crippen molar-refractivity contribution in [3.8, 4) is 0 Å². The predicted molar refractivity (Wildman–Crippen MR) is 73.7 cm³/mol. The van der Waals surface area contributed by atoms with Gasteiger partial charge in [-0.15, -0.1) is 0 Å². The van der Waals surface area contributed by atoms with Crippen molar-refractivity contribution in [2.75, 3.05) is 25.7 Å². The maximum absolute atomic E-state index is 9.41. The number of hydrogen-bond donors (Lipinski definition) is 1. The van der Waals surface area contributed by atoms with E-state index in [0.29, 0.717) is 6.67 Å². The average molecular weight is 257 g/mol. The Labute approximate surface area is 111 Å². The molecule has 0 spiro atoms. The molecule has 0 amide bonds. The topological polar surface area (TPSA) is 57.9 Å². The molecule has 0 fully saturated rings. The summed E-state index contributed by atoms with van der Waals surface area (Å²) < 4.78 is 0. The second kappa shape index (κ2) is 4.49. The van der Waals surface area contributed by atoms with E-state index in [1.165, 1.54) is 0 Å². The summed E-state index contributed by atoms with van der Waals surface area (Å²) in [4.78, 5) is 12.7. The normalized spacial score (nSPS) is 18.2. The van der Waals surface area contributed by atoms with Crippen LogP contribution >= 0.6 is 0 Å². The van der Waals surface area contributed by atoms with Crippen molar-refractivity contribution in [3.63, 3.8) is 0 Å². The van der Waals surface area contributed by atoms with Crippen LogP contribution in [0, 0.1) is 0 Å². The van der Waals surface area contributed by atoms with Crippen LogP contribution in [0.1, 0.15) is 5.56 Å². The molecule has 6 nitrogen and oxygen atoms in total. The number of aromatic nitrogens is 1. The van der Waals surface area contributed by atoms with Crippen LogP contribution in [0.15, 0.2) is 41.8 Å². The summed E-state index contributed by atoms with van der Waals surface area (Å²) in [5, 5.41) is 10.5. The highest BCUT2D eigenvalue weighted by Crippen LogP contribution is 2.23. The molecule has 0 bridgehead atoms. The van der Waals surface area contributed by atoms with E-state index in [1.54, 1.807) is 12.3 Å². The van der Waals surface area contributed by atoms with Gasteiger partial charge in [0.05, 0.1) is 0 Å². The molecule has 1 radical (unpaired) electrons. The Kier molecular flexibility index (Phi) is 2.81. The average Bonchev–Trinajstić information content (AvgIpc) is 2.81. The van der Waals surface area contributed by atoms with Crippen molar-refractivity contribution in [1.82, 2.24) is 14.9 Å². The molecule has 2 aliphatic rings. The van der Waals surface area contributed by atoms with E-state index in [-0.39, 0.29) is 0 Å². The van der Waals surface area contributed by atoms with Crippen LogP contribution < -0.4 is 9.80 Å². The van der Waals surface area contributed by atoms with E-state index >= 15 is 0 Å². The first-order valence-corrected chi connectivity index (χ1v) is 5.98. The Morgan fingerprint density at radius 2 is 2.21 bits per heavy atom. The summed E-state index contributed by atoms with van der Waals surface area (Å²) in [6.07, 6.45) is 7.09. The van der Waals surface area contributed by atoms with E-state index in [0.717, 1.165) is 28.0 Å². The minimum Gasteiger partial charge on any atom is -0.363 e. The molecular weight excluding hydrogens is 242 g/mol. The molecule has 0 atom stereocenters. The van der Waals surface area contributed by atoms with Crippen molar-refractivity contribution in [2.45, 2.75) is 0 Å². The zero-order valence-corrected chi connectivity index (χ0v) is 10.9. The molecule has 0 saturated heterocycles. The van der Waals surface area contributed by atoms with Gasteiger partial charge in [-0.2, -0.15) is 4.99 Å². The summed E-state index contributed by atoms with van der Waals surface area (Å²) >= 11 is 0. The fraction of sp³-hybridized carbons (Fsp3) is 0.231. The molecule has 1 N–H and O–H groups in total. The largest absolute Gasteiger partial charge is 0.363 e. The summed E-state index contributed by atoms with van der Waals surface area (Å²) in [6.45, 7) is 0.391. The number of nitrogens with zero attached hydrogens (tertiary/aromatic N) is 5. The Hall–Kier alpha value is -2.18. The van der Waals surface area contributed by atoms with Crippen molar-refractivity contribution in [3.05, 3.63) is 42.4 Å². The number of pyridine rings is 1. The first-order chi connectivity index (χ1) is 9.13. The highest BCUT2D eigenvalue weighted by atomic mass is 16.5. The first kappa shape index (κ1) is 11.9. The molecular formula is C13H15N5O+. The van der Waals surface area contributed by atoms with Gasteiger partial charge in [0.25, 0.3) is 5.84 Å². The van der Waals surface area contributed by atoms with E-state index in [1.807, 2.05) is 48.4 Å². The maximum atomic E-state index is 9.41. The van der Waals surface area contributed by atoms with Gasteiger partial charge >= 0.3 is 0 Å². The van der Waals surface area contributed by atoms with Crippen LogP contribution in [-0.4, -0.2) is 41.9 Å². The second-order valence-electron chi connectivity index (χ2n) is 4.65. The van der Waals surface area contributed by atoms with E-state index in [2.05, 4.69) is 9.98 Å². The van der Waals surface area contributed by atoms with Crippen molar-refractivity contribution >= 4 is 17.4 Å². The molecule has 0 aromatic carbocycles. The molecule has 1 aromatic rings. The van der Waals surface area contributed by atoms with Crippen LogP contribution in [0.4, 0.5) is 5.82 Å². The van der Waals surface area contributed by atoms with Crippen molar-refractivity contribution in [1.29, 1.82) is 0 Å². The van der Waals surface area contributed by atoms with E-state index < -0.39 is 0 Å². The van der Waals surface area contributed by atoms with Crippen LogP contribution in [0.3, 0.4) is 0 Å². The Morgan fingerprint density at radius 1 is 1.37 bits per heavy atom. The zero-order chi connectivity index (χ0) is 13.4. The van der Waals surface area contributed by atoms with Gasteiger partial charge in [0.2, 0.25) is 6.67 Å². The smallest absolute Gasteiger partial charge is 0.285 e. The molecule has 6 heteroatoms. The van der Waals surface area contributed by atoms with Gasteiger partial charge in [0, 0.05) is 38.1 Å². The fourth-order valence-electron chi connectivity index (χ4n) is 1.97. The van der Waals surface area contributed by atoms with Gasteiger partial charge < -0.3 is 4.90 Å². The molecule has 3 rings (SSSR count). The van der Waals surface area contributed by atoms with Crippen molar-refractivity contribution < 1.29 is 5.21 Å². The maximum Gasteiger partial charge on any atom is 0.285 e. The minimum atomic E-state index is 0.391. The Morgan fingerprint density at radius 3 is 2.89 bits per heavy atom. The van der Waals surface area contributed by atoms with Gasteiger partial charge in [0.1, 0.15) is 11.5 Å². The number of amidine groups is 1. The third-order valence-corrected chi connectivity index (χ3v) is 3.00. The molecule has 1 aromatic heterocycles. The highest BCUT2D eigenvalue weighted by Gasteiger charge is 2.32. The zero-order valence-electron chi connectivity index (χ0n) is 10.9. The first-order valence-electron chi connectivity index (χ1n) is 5.98. The summed E-state index contributed by atoms with van der Waals surface area (Å²) in [5.74, 6) is 1.74. The molecule has 97 valence electrons. The number of hydrogen-bond acceptors (Lipinski definition) is 6. The van der Waals surface area contributed by atoms with Crippen LogP contribution in [0.25, 0.3) is 5.70 Å². The van der Waals surface area contributed by atoms with Gasteiger partial charge in [-0.3, -0.25) is 5.21 Å². The molecule has 0 aliphatic carbocycles. The van der Waals surface area contributed by atoms with Gasteiger partial charge in [-0.05, 0) is 12.1 Å². The van der Waals surface area contributed by atoms with Gasteiger partial charge in [-0.1, -0.05) is 4.90 Å². The predicted octanol–water partition coefficient (Wildman–Crippen LogP) is 1.17. The number of anilines is 1. The third-order valence-electron chi connectivity index (χ3n) is 3.00. The number of hydroxylamine groups is 2. The molecule has 3 heterocycles. The summed E-state index contributed by atoms with van der Waals surface area (Å²) in [5.41, 5.74) is 1.82. The second-order valence-corrected chi connectivity index (χ2v) is 4.65. The molecule has 0 saturated carbocycles. The Bertz CT molecular complexity index is 573. The minimum absolute atomic E-state index is 0.391. The van der Waals surface area contributed by atoms with Crippen LogP contribution in [-0.2, 0) is 0 Å². The lowest BCUT2D eigenvalue weighted by Gasteiger charge is -2.14. The molecule has 2 aliphatic heterocycles. The van der Waals surface area contributed by atoms with E-state index in [9.17, 15) is 5.21 Å². The summed E-state index contributed by atoms with van der Waals surface area (Å²) in [6, 6.07) is 3.96. The third kappa shape index (κ3) is 2.23.